The van der Waals surface area contributed by atoms with E-state index in [-0.39, 0.29) is 23.7 Å². The molecule has 36 heavy (non-hydrogen) atoms. The first kappa shape index (κ1) is 25.6. The van der Waals surface area contributed by atoms with Crippen LogP contribution in [-0.4, -0.2) is 49.3 Å². The van der Waals surface area contributed by atoms with Crippen molar-refractivity contribution >= 4 is 11.6 Å². The van der Waals surface area contributed by atoms with Crippen LogP contribution in [0.3, 0.4) is 0 Å². The van der Waals surface area contributed by atoms with Crippen LogP contribution >= 0.6 is 0 Å². The van der Waals surface area contributed by atoms with Gasteiger partial charge in [0, 0.05) is 42.6 Å². The Morgan fingerprint density at radius 3 is 1.78 bits per heavy atom. The van der Waals surface area contributed by atoms with E-state index in [1.54, 1.807) is 14.2 Å². The van der Waals surface area contributed by atoms with E-state index in [0.29, 0.717) is 24.3 Å². The van der Waals surface area contributed by atoms with Gasteiger partial charge in [-0.25, -0.2) is 0 Å². The molecule has 1 aliphatic rings. The molecule has 0 aromatic heterocycles. The molecular formula is C31H35NO4. The molecule has 3 aromatic carbocycles. The molecule has 3 aromatic rings. The van der Waals surface area contributed by atoms with Gasteiger partial charge in [-0.2, -0.15) is 0 Å². The average molecular weight is 486 g/mol. The Morgan fingerprint density at radius 2 is 1.28 bits per heavy atom. The zero-order chi connectivity index (χ0) is 25.3. The molecule has 0 spiro atoms. The summed E-state index contributed by atoms with van der Waals surface area (Å²) < 4.78 is 10.9. The molecule has 1 aliphatic heterocycles. The molecule has 0 radical (unpaired) electrons. The number of hydrogen-bond acceptors (Lipinski definition) is 5. The quantitative estimate of drug-likeness (QED) is 0.311. The summed E-state index contributed by atoms with van der Waals surface area (Å²) in [5.74, 6) is 1.73. The fraction of sp³-hybridized carbons (Fsp3) is 0.355. The third kappa shape index (κ3) is 6.41. The minimum Gasteiger partial charge on any atom is -0.493 e. The molecule has 0 bridgehead atoms. The first-order valence-electron chi connectivity index (χ1n) is 12.7. The summed E-state index contributed by atoms with van der Waals surface area (Å²) in [6, 6.07) is 25.2. The van der Waals surface area contributed by atoms with Crippen LogP contribution in [0.1, 0.15) is 58.4 Å². The second-order valence-corrected chi connectivity index (χ2v) is 9.40. The van der Waals surface area contributed by atoms with Crippen molar-refractivity contribution in [1.82, 2.24) is 4.90 Å². The second-order valence-electron chi connectivity index (χ2n) is 9.40. The number of ether oxygens (including phenoxy) is 2. The topological polar surface area (TPSA) is 55.8 Å². The molecule has 1 heterocycles. The molecule has 5 nitrogen and oxygen atoms in total. The number of likely N-dealkylation sites (tertiary alicyclic amines) is 1. The van der Waals surface area contributed by atoms with Crippen LogP contribution in [0.4, 0.5) is 0 Å². The van der Waals surface area contributed by atoms with Crippen LogP contribution in [-0.2, 0) is 6.42 Å². The Hall–Kier alpha value is -3.44. The number of hydrogen-bond donors (Lipinski definition) is 0. The second kappa shape index (κ2) is 12.5. The third-order valence-corrected chi connectivity index (χ3v) is 7.15. The number of nitrogens with zero attached hydrogens (tertiary/aromatic N) is 1. The van der Waals surface area contributed by atoms with Crippen molar-refractivity contribution in [1.29, 1.82) is 0 Å². The van der Waals surface area contributed by atoms with Crippen molar-refractivity contribution in [3.05, 3.63) is 95.6 Å². The largest absolute Gasteiger partial charge is 0.493 e. The number of methoxy groups -OCH3 is 2. The summed E-state index contributed by atoms with van der Waals surface area (Å²) in [7, 11) is 3.27. The van der Waals surface area contributed by atoms with Gasteiger partial charge in [-0.1, -0.05) is 73.2 Å². The number of rotatable bonds is 11. The highest BCUT2D eigenvalue weighted by molar-refractivity contribution is 5.97. The van der Waals surface area contributed by atoms with Crippen molar-refractivity contribution in [3.63, 3.8) is 0 Å². The van der Waals surface area contributed by atoms with E-state index in [0.717, 1.165) is 48.9 Å². The molecule has 1 fully saturated rings. The smallest absolute Gasteiger partial charge is 0.164 e. The molecule has 0 unspecified atom stereocenters. The fourth-order valence-electron chi connectivity index (χ4n) is 5.23. The standard InChI is InChI=1S/C31H35NO4/c1-35-30-17-16-23(20-31(30)36-2)18-19-32-26(21-28(33)24-10-5-3-6-11-24)14-9-15-27(32)22-29(34)25-12-7-4-8-13-25/h3-8,10-13,16-17,20,26-27H,9,14-15,18-19,21-22H2,1-2H3/t26-,27+. The summed E-state index contributed by atoms with van der Waals surface area (Å²) in [6.45, 7) is 0.773. The lowest BCUT2D eigenvalue weighted by Gasteiger charge is -2.42. The summed E-state index contributed by atoms with van der Waals surface area (Å²) >= 11 is 0. The lowest BCUT2D eigenvalue weighted by Crippen LogP contribution is -2.49. The number of carbonyl (C=O) groups excluding carboxylic acids is 2. The summed E-state index contributed by atoms with van der Waals surface area (Å²) in [5, 5.41) is 0. The number of piperidine rings is 1. The van der Waals surface area contributed by atoms with Gasteiger partial charge in [0.2, 0.25) is 0 Å². The highest BCUT2D eigenvalue weighted by atomic mass is 16.5. The highest BCUT2D eigenvalue weighted by Crippen LogP contribution is 2.31. The Bertz CT molecular complexity index is 1080. The van der Waals surface area contributed by atoms with E-state index in [9.17, 15) is 9.59 Å². The van der Waals surface area contributed by atoms with Crippen molar-refractivity contribution < 1.29 is 19.1 Å². The van der Waals surface area contributed by atoms with Crippen LogP contribution in [0, 0.1) is 0 Å². The van der Waals surface area contributed by atoms with E-state index < -0.39 is 0 Å². The van der Waals surface area contributed by atoms with Crippen LogP contribution in [0.15, 0.2) is 78.9 Å². The molecule has 188 valence electrons. The number of Topliss-reactive ketones (excluding diaryl/α,β-unsaturated/α-hetero) is 2. The summed E-state index contributed by atoms with van der Waals surface area (Å²) in [6.07, 6.45) is 4.66. The maximum Gasteiger partial charge on any atom is 0.164 e. The Morgan fingerprint density at radius 1 is 0.750 bits per heavy atom. The van der Waals surface area contributed by atoms with Crippen molar-refractivity contribution in [3.8, 4) is 11.5 Å². The van der Waals surface area contributed by atoms with Crippen molar-refractivity contribution in [2.45, 2.75) is 50.6 Å². The first-order valence-corrected chi connectivity index (χ1v) is 12.7. The highest BCUT2D eigenvalue weighted by Gasteiger charge is 2.33. The zero-order valence-corrected chi connectivity index (χ0v) is 21.2. The van der Waals surface area contributed by atoms with E-state index in [1.165, 1.54) is 0 Å². The molecule has 0 aliphatic carbocycles. The van der Waals surface area contributed by atoms with Crippen molar-refractivity contribution in [2.24, 2.45) is 0 Å². The van der Waals surface area contributed by atoms with Gasteiger partial charge in [0.15, 0.2) is 23.1 Å². The molecule has 5 heteroatoms. The number of benzene rings is 3. The van der Waals surface area contributed by atoms with Gasteiger partial charge < -0.3 is 9.47 Å². The van der Waals surface area contributed by atoms with E-state index in [4.69, 9.17) is 9.47 Å². The van der Waals surface area contributed by atoms with Gasteiger partial charge in [0.1, 0.15) is 0 Å². The average Bonchev–Trinajstić information content (AvgIpc) is 2.93. The monoisotopic (exact) mass is 485 g/mol. The molecule has 0 N–H and O–H groups in total. The maximum absolute atomic E-state index is 13.1. The van der Waals surface area contributed by atoms with Crippen molar-refractivity contribution in [2.75, 3.05) is 20.8 Å². The van der Waals surface area contributed by atoms with Gasteiger partial charge >= 0.3 is 0 Å². The zero-order valence-electron chi connectivity index (χ0n) is 21.2. The molecule has 2 atom stereocenters. The van der Waals surface area contributed by atoms with Crippen LogP contribution in [0.25, 0.3) is 0 Å². The van der Waals surface area contributed by atoms with Crippen LogP contribution < -0.4 is 9.47 Å². The normalized spacial score (nSPS) is 17.9. The van der Waals surface area contributed by atoms with Gasteiger partial charge in [-0.3, -0.25) is 14.5 Å². The fourth-order valence-corrected chi connectivity index (χ4v) is 5.23. The minimum absolute atomic E-state index is 0.111. The Labute approximate surface area is 214 Å². The number of ketones is 2. The van der Waals surface area contributed by atoms with E-state index in [2.05, 4.69) is 11.0 Å². The van der Waals surface area contributed by atoms with E-state index >= 15 is 0 Å². The van der Waals surface area contributed by atoms with Gasteiger partial charge in [0.25, 0.3) is 0 Å². The maximum atomic E-state index is 13.1. The summed E-state index contributed by atoms with van der Waals surface area (Å²) in [4.78, 5) is 28.6. The summed E-state index contributed by atoms with van der Waals surface area (Å²) in [5.41, 5.74) is 2.64. The lowest BCUT2D eigenvalue weighted by atomic mass is 9.87. The molecule has 1 saturated heterocycles. The Balaban J connectivity index is 1.53. The number of carbonyl (C=O) groups is 2. The first-order chi connectivity index (χ1) is 17.6. The van der Waals surface area contributed by atoms with Gasteiger partial charge in [0.05, 0.1) is 14.2 Å². The molecule has 0 saturated carbocycles. The molecule has 0 amide bonds. The molecule has 4 rings (SSSR count). The SMILES string of the molecule is COc1ccc(CCN2[C@@H](CC(=O)c3ccccc3)CCC[C@H]2CC(=O)c2ccccc2)cc1OC. The van der Waals surface area contributed by atoms with Crippen LogP contribution in [0.5, 0.6) is 11.5 Å². The van der Waals surface area contributed by atoms with E-state index in [1.807, 2.05) is 72.8 Å². The van der Waals surface area contributed by atoms with Gasteiger partial charge in [-0.05, 0) is 37.0 Å². The lowest BCUT2D eigenvalue weighted by molar-refractivity contribution is 0.0596. The van der Waals surface area contributed by atoms with Gasteiger partial charge in [-0.15, -0.1) is 0 Å². The minimum atomic E-state index is 0.111. The molecular weight excluding hydrogens is 450 g/mol. The predicted octanol–water partition coefficient (Wildman–Crippen LogP) is 6.02. The Kier molecular flexibility index (Phi) is 8.90. The van der Waals surface area contributed by atoms with Crippen LogP contribution in [0.2, 0.25) is 0 Å². The predicted molar refractivity (Wildman–Crippen MR) is 142 cm³/mol. The third-order valence-electron chi connectivity index (χ3n) is 7.15.